The van der Waals surface area contributed by atoms with Gasteiger partial charge in [0.15, 0.2) is 5.65 Å². The Labute approximate surface area is 164 Å². The number of hydrogen-bond donors (Lipinski definition) is 1. The van der Waals surface area contributed by atoms with Gasteiger partial charge in [0.05, 0.1) is 11.9 Å². The van der Waals surface area contributed by atoms with Crippen LogP contribution in [0, 0.1) is 19.7 Å². The summed E-state index contributed by atoms with van der Waals surface area (Å²) in [5, 5.41) is 15.1. The molecular formula is C20H17FN6O2. The second-order valence-electron chi connectivity index (χ2n) is 6.64. The van der Waals surface area contributed by atoms with Gasteiger partial charge >= 0.3 is 0 Å². The van der Waals surface area contributed by atoms with E-state index in [0.717, 1.165) is 15.8 Å². The highest BCUT2D eigenvalue weighted by molar-refractivity contribution is 5.92. The Morgan fingerprint density at radius 1 is 1.10 bits per heavy atom. The first-order chi connectivity index (χ1) is 13.9. The number of aromatic nitrogens is 5. The molecule has 0 radical (unpaired) electrons. The number of hydrogen-bond acceptors (Lipinski definition) is 5. The molecule has 1 N–H and O–H groups in total. The Morgan fingerprint density at radius 2 is 1.79 bits per heavy atom. The van der Waals surface area contributed by atoms with Crippen LogP contribution >= 0.6 is 0 Å². The van der Waals surface area contributed by atoms with Crippen LogP contribution in [0.4, 0.5) is 10.1 Å². The van der Waals surface area contributed by atoms with Gasteiger partial charge < -0.3 is 5.32 Å². The Balaban J connectivity index is 1.62. The van der Waals surface area contributed by atoms with Crippen LogP contribution in [0.25, 0.3) is 16.7 Å². The smallest absolute Gasteiger partial charge is 0.281 e. The highest BCUT2D eigenvalue weighted by Gasteiger charge is 2.15. The quantitative estimate of drug-likeness (QED) is 0.575. The lowest BCUT2D eigenvalue weighted by atomic mass is 10.1. The molecule has 2 aromatic carbocycles. The van der Waals surface area contributed by atoms with E-state index in [1.807, 2.05) is 32.0 Å². The van der Waals surface area contributed by atoms with E-state index in [2.05, 4.69) is 20.7 Å². The number of fused-ring (bicyclic) bond motifs is 1. The molecule has 0 bridgehead atoms. The number of carbonyl (C=O) groups excluding carboxylic acids is 1. The molecule has 0 unspecified atom stereocenters. The Kier molecular flexibility index (Phi) is 4.63. The van der Waals surface area contributed by atoms with Gasteiger partial charge in [-0.05, 0) is 49.2 Å². The van der Waals surface area contributed by atoms with Crippen LogP contribution in [0.5, 0.6) is 0 Å². The number of nitrogens with one attached hydrogen (secondary N) is 1. The van der Waals surface area contributed by atoms with Crippen molar-refractivity contribution in [2.75, 3.05) is 5.32 Å². The summed E-state index contributed by atoms with van der Waals surface area (Å²) in [6.45, 7) is 3.51. The lowest BCUT2D eigenvalue weighted by molar-refractivity contribution is -0.117. The molecule has 0 spiro atoms. The highest BCUT2D eigenvalue weighted by atomic mass is 19.1. The first-order valence-electron chi connectivity index (χ1n) is 8.87. The Hall–Kier alpha value is -3.88. The average molecular weight is 392 g/mol. The first-order valence-corrected chi connectivity index (χ1v) is 8.87. The van der Waals surface area contributed by atoms with Gasteiger partial charge in [-0.25, -0.2) is 13.8 Å². The fourth-order valence-corrected chi connectivity index (χ4v) is 3.07. The van der Waals surface area contributed by atoms with Crippen molar-refractivity contribution in [1.82, 2.24) is 24.8 Å². The first kappa shape index (κ1) is 18.5. The molecule has 0 aliphatic rings. The number of rotatable bonds is 4. The number of nitrogens with zero attached hydrogens (tertiary/aromatic N) is 5. The van der Waals surface area contributed by atoms with Gasteiger partial charge in [-0.15, -0.1) is 5.10 Å². The minimum atomic E-state index is -0.486. The minimum Gasteiger partial charge on any atom is -0.324 e. The number of para-hydroxylation sites is 1. The Morgan fingerprint density at radius 3 is 2.48 bits per heavy atom. The summed E-state index contributed by atoms with van der Waals surface area (Å²) in [6.07, 6.45) is 1.36. The van der Waals surface area contributed by atoms with Crippen LogP contribution in [0.1, 0.15) is 11.1 Å². The third-order valence-corrected chi connectivity index (χ3v) is 4.57. The lowest BCUT2D eigenvalue weighted by Crippen LogP contribution is -2.30. The van der Waals surface area contributed by atoms with Gasteiger partial charge in [0.25, 0.3) is 5.56 Å². The molecule has 0 saturated carbocycles. The van der Waals surface area contributed by atoms with Crippen molar-refractivity contribution in [3.8, 4) is 5.69 Å². The van der Waals surface area contributed by atoms with E-state index in [9.17, 15) is 14.0 Å². The number of benzene rings is 2. The number of halogens is 1. The van der Waals surface area contributed by atoms with E-state index in [0.29, 0.717) is 11.4 Å². The molecule has 146 valence electrons. The maximum absolute atomic E-state index is 13.1. The van der Waals surface area contributed by atoms with Crippen LogP contribution in [0.15, 0.2) is 53.5 Å². The van der Waals surface area contributed by atoms with Crippen LogP contribution in [0.2, 0.25) is 0 Å². The van der Waals surface area contributed by atoms with E-state index in [1.165, 1.54) is 35.1 Å². The van der Waals surface area contributed by atoms with Gasteiger partial charge in [-0.2, -0.15) is 5.10 Å². The number of carbonyl (C=O) groups is 1. The molecule has 0 aliphatic heterocycles. The van der Waals surface area contributed by atoms with E-state index in [1.54, 1.807) is 0 Å². The minimum absolute atomic E-state index is 0.212. The molecule has 0 fully saturated rings. The van der Waals surface area contributed by atoms with Crippen molar-refractivity contribution < 1.29 is 9.18 Å². The predicted molar refractivity (Wildman–Crippen MR) is 105 cm³/mol. The van der Waals surface area contributed by atoms with Gasteiger partial charge in [-0.3, -0.25) is 9.59 Å². The summed E-state index contributed by atoms with van der Waals surface area (Å²) in [7, 11) is 0. The SMILES string of the molecule is Cc1cccc(C)c1NC(=O)Cn1nnc2c(cnn2-c2ccc(F)cc2)c1=O. The molecule has 29 heavy (non-hydrogen) atoms. The normalized spacial score (nSPS) is 11.0. The predicted octanol–water partition coefficient (Wildman–Crippen LogP) is 2.37. The van der Waals surface area contributed by atoms with E-state index >= 15 is 0 Å². The summed E-state index contributed by atoms with van der Waals surface area (Å²) >= 11 is 0. The van der Waals surface area contributed by atoms with Crippen molar-refractivity contribution >= 4 is 22.6 Å². The Bertz CT molecular complexity index is 1260. The fourth-order valence-electron chi connectivity index (χ4n) is 3.07. The van der Waals surface area contributed by atoms with Crippen molar-refractivity contribution in [3.05, 3.63) is 76.0 Å². The zero-order valence-electron chi connectivity index (χ0n) is 15.8. The van der Waals surface area contributed by atoms with E-state index < -0.39 is 5.56 Å². The zero-order valence-corrected chi connectivity index (χ0v) is 15.8. The molecule has 4 rings (SSSR count). The van der Waals surface area contributed by atoms with Crippen molar-refractivity contribution in [2.24, 2.45) is 0 Å². The molecule has 0 aliphatic carbocycles. The molecule has 0 atom stereocenters. The third kappa shape index (κ3) is 3.49. The molecule has 1 amide bonds. The van der Waals surface area contributed by atoms with Gasteiger partial charge in [0.2, 0.25) is 5.91 Å². The summed E-state index contributed by atoms with van der Waals surface area (Å²) in [5.41, 5.74) is 2.85. The van der Waals surface area contributed by atoms with Crippen molar-refractivity contribution in [2.45, 2.75) is 20.4 Å². The summed E-state index contributed by atoms with van der Waals surface area (Å²) in [6, 6.07) is 11.3. The van der Waals surface area contributed by atoms with Crippen LogP contribution < -0.4 is 10.9 Å². The van der Waals surface area contributed by atoms with Gasteiger partial charge in [-0.1, -0.05) is 23.4 Å². The topological polar surface area (TPSA) is 94.7 Å². The van der Waals surface area contributed by atoms with Crippen molar-refractivity contribution in [3.63, 3.8) is 0 Å². The van der Waals surface area contributed by atoms with E-state index in [4.69, 9.17) is 0 Å². The van der Waals surface area contributed by atoms with Gasteiger partial charge in [0.1, 0.15) is 17.7 Å². The number of aryl methyl sites for hydroxylation is 2. The highest BCUT2D eigenvalue weighted by Crippen LogP contribution is 2.19. The standard InChI is InChI=1S/C20H17FN6O2/c1-12-4-3-5-13(2)18(12)23-17(28)11-26-20(29)16-10-22-27(19(16)24-25-26)15-8-6-14(21)7-9-15/h3-10H,11H2,1-2H3,(H,23,28). The lowest BCUT2D eigenvalue weighted by Gasteiger charge is -2.11. The molecular weight excluding hydrogens is 375 g/mol. The molecule has 0 saturated heterocycles. The molecule has 9 heteroatoms. The summed E-state index contributed by atoms with van der Waals surface area (Å²) < 4.78 is 15.5. The zero-order chi connectivity index (χ0) is 20.5. The second-order valence-corrected chi connectivity index (χ2v) is 6.64. The van der Waals surface area contributed by atoms with Crippen molar-refractivity contribution in [1.29, 1.82) is 0 Å². The average Bonchev–Trinajstić information content (AvgIpc) is 3.12. The van der Waals surface area contributed by atoms with Crippen LogP contribution in [-0.4, -0.2) is 30.7 Å². The van der Waals surface area contributed by atoms with E-state index in [-0.39, 0.29) is 29.3 Å². The monoisotopic (exact) mass is 392 g/mol. The van der Waals surface area contributed by atoms with Crippen LogP contribution in [-0.2, 0) is 11.3 Å². The third-order valence-electron chi connectivity index (χ3n) is 4.57. The summed E-state index contributed by atoms with van der Waals surface area (Å²) in [5.74, 6) is -0.766. The second kappa shape index (κ2) is 7.27. The molecule has 2 heterocycles. The molecule has 4 aromatic rings. The maximum Gasteiger partial charge on any atom is 0.281 e. The summed E-state index contributed by atoms with van der Waals surface area (Å²) in [4.78, 5) is 25.2. The maximum atomic E-state index is 13.1. The molecule has 2 aromatic heterocycles. The molecule has 8 nitrogen and oxygen atoms in total. The number of amides is 1. The number of anilines is 1. The largest absolute Gasteiger partial charge is 0.324 e. The van der Waals surface area contributed by atoms with Gasteiger partial charge in [0, 0.05) is 5.69 Å². The van der Waals surface area contributed by atoms with Crippen LogP contribution in [0.3, 0.4) is 0 Å². The fraction of sp³-hybridized carbons (Fsp3) is 0.150.